The van der Waals surface area contributed by atoms with Gasteiger partial charge in [0.2, 0.25) is 0 Å². The topological polar surface area (TPSA) is 47.6 Å². The molecule has 2 aromatic carbocycles. The summed E-state index contributed by atoms with van der Waals surface area (Å²) in [6.45, 7) is 7.43. The van der Waals surface area contributed by atoms with Gasteiger partial charge in [-0.3, -0.25) is 4.57 Å². The van der Waals surface area contributed by atoms with Crippen molar-refractivity contribution in [2.75, 3.05) is 5.32 Å². The molecule has 0 radical (unpaired) electrons. The van der Waals surface area contributed by atoms with Crippen LogP contribution < -0.4 is 5.32 Å². The van der Waals surface area contributed by atoms with Gasteiger partial charge in [-0.05, 0) is 51.5 Å². The molecular weight excluding hydrogens is 345 g/mol. The molecule has 4 nitrogen and oxygen atoms in total. The predicted molar refractivity (Wildman–Crippen MR) is 109 cm³/mol. The van der Waals surface area contributed by atoms with Crippen LogP contribution in [0.5, 0.6) is 0 Å². The first kappa shape index (κ1) is 20.4. The van der Waals surface area contributed by atoms with E-state index in [4.69, 9.17) is 9.05 Å². The lowest BCUT2D eigenvalue weighted by Crippen LogP contribution is -2.23. The molecule has 0 saturated heterocycles. The van der Waals surface area contributed by atoms with E-state index in [1.54, 1.807) is 0 Å². The van der Waals surface area contributed by atoms with Crippen LogP contribution >= 0.6 is 7.60 Å². The molecule has 0 aromatic heterocycles. The van der Waals surface area contributed by atoms with Crippen molar-refractivity contribution in [3.8, 4) is 0 Å². The van der Waals surface area contributed by atoms with E-state index < -0.39 is 13.4 Å². The zero-order valence-corrected chi connectivity index (χ0v) is 16.7. The molecule has 1 N–H and O–H groups in total. The molecule has 1 atom stereocenters. The van der Waals surface area contributed by atoms with E-state index in [-0.39, 0.29) is 12.2 Å². The summed E-state index contributed by atoms with van der Waals surface area (Å²) in [5.74, 6) is -0.602. The summed E-state index contributed by atoms with van der Waals surface area (Å²) < 4.78 is 25.2. The molecule has 0 aliphatic heterocycles. The molecule has 26 heavy (non-hydrogen) atoms. The Morgan fingerprint density at radius 3 is 1.85 bits per heavy atom. The summed E-state index contributed by atoms with van der Waals surface area (Å²) in [4.78, 5) is 0. The number of anilines is 1. The highest BCUT2D eigenvalue weighted by Gasteiger charge is 2.36. The average Bonchev–Trinajstić information content (AvgIpc) is 2.59. The molecular formula is C21H28NO3P. The van der Waals surface area contributed by atoms with Crippen molar-refractivity contribution >= 4 is 19.4 Å². The number of hydrogen-bond donors (Lipinski definition) is 1. The van der Waals surface area contributed by atoms with Crippen LogP contribution in [0.1, 0.15) is 33.3 Å². The average molecular weight is 373 g/mol. The van der Waals surface area contributed by atoms with Crippen molar-refractivity contribution in [1.82, 2.24) is 0 Å². The molecule has 0 amide bonds. The second kappa shape index (κ2) is 9.72. The van der Waals surface area contributed by atoms with E-state index in [0.29, 0.717) is 0 Å². The summed E-state index contributed by atoms with van der Waals surface area (Å²) in [5, 5.41) is 3.30. The van der Waals surface area contributed by atoms with Crippen molar-refractivity contribution in [3.63, 3.8) is 0 Å². The van der Waals surface area contributed by atoms with E-state index in [0.717, 1.165) is 11.3 Å². The smallest absolute Gasteiger partial charge is 0.357 e. The second-order valence-corrected chi connectivity index (χ2v) is 8.63. The molecule has 0 fully saturated rings. The fourth-order valence-corrected chi connectivity index (χ4v) is 4.54. The first-order valence-electron chi connectivity index (χ1n) is 8.90. The van der Waals surface area contributed by atoms with Crippen LogP contribution in [0.3, 0.4) is 0 Å². The Morgan fingerprint density at radius 1 is 0.846 bits per heavy atom. The predicted octanol–water partition coefficient (Wildman–Crippen LogP) is 6.18. The third-order valence-electron chi connectivity index (χ3n) is 3.42. The minimum Gasteiger partial charge on any atom is -0.368 e. The molecule has 0 unspecified atom stereocenters. The van der Waals surface area contributed by atoms with Gasteiger partial charge in [0, 0.05) is 5.69 Å². The van der Waals surface area contributed by atoms with Crippen LogP contribution in [0.15, 0.2) is 66.7 Å². The van der Waals surface area contributed by atoms with Crippen molar-refractivity contribution < 1.29 is 13.6 Å². The molecule has 0 saturated carbocycles. The quantitative estimate of drug-likeness (QED) is 0.533. The SMILES string of the molecule is CC(C)OP(=O)(OC(C)C)[C@H](/C=C/c1ccccc1)Nc1ccccc1. The summed E-state index contributed by atoms with van der Waals surface area (Å²) in [5.41, 5.74) is 1.88. The third-order valence-corrected chi connectivity index (χ3v) is 5.83. The van der Waals surface area contributed by atoms with Crippen LogP contribution in [0.25, 0.3) is 6.08 Å². The lowest BCUT2D eigenvalue weighted by molar-refractivity contribution is 0.140. The highest BCUT2D eigenvalue weighted by molar-refractivity contribution is 7.55. The Hall–Kier alpha value is -1.87. The summed E-state index contributed by atoms with van der Waals surface area (Å²) in [7, 11) is -3.44. The molecule has 5 heteroatoms. The molecule has 0 bridgehead atoms. The maximum atomic E-state index is 13.6. The maximum absolute atomic E-state index is 13.6. The first-order valence-corrected chi connectivity index (χ1v) is 10.5. The van der Waals surface area contributed by atoms with E-state index in [9.17, 15) is 4.57 Å². The number of benzene rings is 2. The largest absolute Gasteiger partial charge is 0.368 e. The zero-order chi connectivity index (χ0) is 19.0. The van der Waals surface area contributed by atoms with E-state index >= 15 is 0 Å². The van der Waals surface area contributed by atoms with Crippen LogP contribution in [0, 0.1) is 0 Å². The molecule has 2 rings (SSSR count). The normalized spacial score (nSPS) is 13.5. The molecule has 0 aliphatic rings. The number of para-hydroxylation sites is 1. The van der Waals surface area contributed by atoms with E-state index in [1.807, 2.05) is 101 Å². The Morgan fingerprint density at radius 2 is 1.35 bits per heavy atom. The van der Waals surface area contributed by atoms with Gasteiger partial charge in [-0.2, -0.15) is 0 Å². The standard InChI is InChI=1S/C21H28NO3P/c1-17(2)24-26(23,25-18(3)4)21(22-20-13-9-6-10-14-20)16-15-19-11-7-5-8-12-19/h5-18,21-22H,1-4H3/b16-15+/t21-/m1/s1. The van der Waals surface area contributed by atoms with Crippen LogP contribution in [-0.4, -0.2) is 18.0 Å². The van der Waals surface area contributed by atoms with Crippen molar-refractivity contribution in [2.24, 2.45) is 0 Å². The van der Waals surface area contributed by atoms with Crippen LogP contribution in [0.4, 0.5) is 5.69 Å². The molecule has 2 aromatic rings. The highest BCUT2D eigenvalue weighted by atomic mass is 31.2. The van der Waals surface area contributed by atoms with Crippen molar-refractivity contribution in [3.05, 3.63) is 72.3 Å². The highest BCUT2D eigenvalue weighted by Crippen LogP contribution is 2.55. The van der Waals surface area contributed by atoms with Gasteiger partial charge in [0.1, 0.15) is 5.78 Å². The second-order valence-electron chi connectivity index (χ2n) is 6.57. The number of nitrogens with one attached hydrogen (secondary N) is 1. The van der Waals surface area contributed by atoms with E-state index in [2.05, 4.69) is 5.32 Å². The molecule has 0 aliphatic carbocycles. The summed E-state index contributed by atoms with van der Waals surface area (Å²) in [6, 6.07) is 19.5. The van der Waals surface area contributed by atoms with Crippen LogP contribution in [0.2, 0.25) is 0 Å². The third kappa shape index (κ3) is 6.45. The lowest BCUT2D eigenvalue weighted by atomic mass is 10.2. The molecule has 140 valence electrons. The van der Waals surface area contributed by atoms with Gasteiger partial charge in [-0.25, -0.2) is 0 Å². The van der Waals surface area contributed by atoms with Crippen molar-refractivity contribution in [2.45, 2.75) is 45.7 Å². The Balaban J connectivity index is 2.35. The van der Waals surface area contributed by atoms with Gasteiger partial charge in [-0.15, -0.1) is 0 Å². The fraction of sp³-hybridized carbons (Fsp3) is 0.333. The number of hydrogen-bond acceptors (Lipinski definition) is 4. The molecule has 0 spiro atoms. The van der Waals surface area contributed by atoms with Gasteiger partial charge in [-0.1, -0.05) is 54.6 Å². The minimum absolute atomic E-state index is 0.218. The molecule has 0 heterocycles. The van der Waals surface area contributed by atoms with Gasteiger partial charge in [0.25, 0.3) is 0 Å². The van der Waals surface area contributed by atoms with Gasteiger partial charge >= 0.3 is 7.60 Å². The minimum atomic E-state index is -3.44. The Kier molecular flexibility index (Phi) is 7.65. The first-order chi connectivity index (χ1) is 12.4. The monoisotopic (exact) mass is 373 g/mol. The zero-order valence-electron chi connectivity index (χ0n) is 15.8. The van der Waals surface area contributed by atoms with Gasteiger partial charge < -0.3 is 14.4 Å². The van der Waals surface area contributed by atoms with Gasteiger partial charge in [0.15, 0.2) is 0 Å². The summed E-state index contributed by atoms with van der Waals surface area (Å²) in [6.07, 6.45) is 3.35. The fourth-order valence-electron chi connectivity index (χ4n) is 2.45. The number of rotatable bonds is 9. The Labute approximate surface area is 156 Å². The van der Waals surface area contributed by atoms with Crippen molar-refractivity contribution in [1.29, 1.82) is 0 Å². The van der Waals surface area contributed by atoms with E-state index in [1.165, 1.54) is 0 Å². The lowest BCUT2D eigenvalue weighted by Gasteiger charge is -2.29. The summed E-state index contributed by atoms with van der Waals surface area (Å²) >= 11 is 0. The maximum Gasteiger partial charge on any atom is 0.357 e. The van der Waals surface area contributed by atoms with Gasteiger partial charge in [0.05, 0.1) is 12.2 Å². The Bertz CT molecular complexity index is 715. The van der Waals surface area contributed by atoms with Crippen LogP contribution in [-0.2, 0) is 13.6 Å².